The van der Waals surface area contributed by atoms with Crippen LogP contribution in [0.1, 0.15) is 13.3 Å². The molecular formula is C8H20N2O3S. The van der Waals surface area contributed by atoms with Crippen molar-refractivity contribution in [2.24, 2.45) is 0 Å². The lowest BCUT2D eigenvalue weighted by Crippen LogP contribution is -2.30. The fraction of sp³-hybridized carbons (Fsp3) is 1.00. The normalized spacial score (nSPS) is 11.9. The molecule has 0 fully saturated rings. The van der Waals surface area contributed by atoms with Crippen molar-refractivity contribution in [2.45, 2.75) is 13.3 Å². The van der Waals surface area contributed by atoms with Gasteiger partial charge in [-0.1, -0.05) is 0 Å². The number of sulfonamides is 1. The van der Waals surface area contributed by atoms with Crippen molar-refractivity contribution in [1.29, 1.82) is 0 Å². The summed E-state index contributed by atoms with van der Waals surface area (Å²) >= 11 is 0. The van der Waals surface area contributed by atoms with Crippen molar-refractivity contribution in [1.82, 2.24) is 10.0 Å². The molecule has 0 unspecified atom stereocenters. The monoisotopic (exact) mass is 224 g/mol. The van der Waals surface area contributed by atoms with E-state index < -0.39 is 10.0 Å². The van der Waals surface area contributed by atoms with Gasteiger partial charge in [-0.3, -0.25) is 0 Å². The molecule has 6 heteroatoms. The van der Waals surface area contributed by atoms with Crippen LogP contribution in [0.15, 0.2) is 0 Å². The Labute approximate surface area is 86.3 Å². The van der Waals surface area contributed by atoms with Crippen LogP contribution in [0.25, 0.3) is 0 Å². The first-order valence-electron chi connectivity index (χ1n) is 4.82. The van der Waals surface area contributed by atoms with E-state index in [1.807, 2.05) is 6.92 Å². The Balaban J connectivity index is 3.52. The smallest absolute Gasteiger partial charge is 0.211 e. The molecule has 0 amide bonds. The molecule has 5 nitrogen and oxygen atoms in total. The molecule has 0 heterocycles. The third kappa shape index (κ3) is 8.43. The second kappa shape index (κ2) is 8.16. The second-order valence-electron chi connectivity index (χ2n) is 2.87. The third-order valence-electron chi connectivity index (χ3n) is 1.61. The maximum Gasteiger partial charge on any atom is 0.211 e. The molecule has 0 aromatic carbocycles. The van der Waals surface area contributed by atoms with Gasteiger partial charge in [-0.25, -0.2) is 13.1 Å². The van der Waals surface area contributed by atoms with Gasteiger partial charge in [0.1, 0.15) is 0 Å². The number of ether oxygens (including phenoxy) is 1. The van der Waals surface area contributed by atoms with E-state index in [2.05, 4.69) is 10.0 Å². The fourth-order valence-corrected chi connectivity index (χ4v) is 1.99. The minimum Gasteiger partial charge on any atom is -0.380 e. The van der Waals surface area contributed by atoms with Crippen molar-refractivity contribution in [3.63, 3.8) is 0 Å². The van der Waals surface area contributed by atoms with E-state index in [-0.39, 0.29) is 5.75 Å². The van der Waals surface area contributed by atoms with Gasteiger partial charge in [0.25, 0.3) is 0 Å². The minimum absolute atomic E-state index is 0.167. The molecule has 0 rings (SSSR count). The number of hydrogen-bond donors (Lipinski definition) is 2. The van der Waals surface area contributed by atoms with Gasteiger partial charge < -0.3 is 10.1 Å². The van der Waals surface area contributed by atoms with E-state index in [9.17, 15) is 8.42 Å². The first-order chi connectivity index (χ1) is 6.62. The van der Waals surface area contributed by atoms with Crippen LogP contribution in [-0.4, -0.2) is 47.5 Å². The van der Waals surface area contributed by atoms with Gasteiger partial charge in [-0.15, -0.1) is 0 Å². The first kappa shape index (κ1) is 13.8. The van der Waals surface area contributed by atoms with Crippen molar-refractivity contribution < 1.29 is 13.2 Å². The lowest BCUT2D eigenvalue weighted by Gasteiger charge is -2.06. The second-order valence-corrected chi connectivity index (χ2v) is 4.79. The van der Waals surface area contributed by atoms with Crippen molar-refractivity contribution in [3.8, 4) is 0 Å². The molecule has 0 aromatic heterocycles. The Hall–Kier alpha value is -0.170. The summed E-state index contributed by atoms with van der Waals surface area (Å²) < 4.78 is 30.0. The Bertz CT molecular complexity index is 217. The molecule has 0 bridgehead atoms. The highest BCUT2D eigenvalue weighted by molar-refractivity contribution is 7.89. The topological polar surface area (TPSA) is 67.4 Å². The first-order valence-corrected chi connectivity index (χ1v) is 6.47. The van der Waals surface area contributed by atoms with E-state index in [1.54, 1.807) is 7.05 Å². The van der Waals surface area contributed by atoms with Gasteiger partial charge in [0, 0.05) is 13.2 Å². The molecule has 14 heavy (non-hydrogen) atoms. The predicted octanol–water partition coefficient (Wildman–Crippen LogP) is -0.448. The van der Waals surface area contributed by atoms with Gasteiger partial charge in [0.05, 0.1) is 12.4 Å². The molecular weight excluding hydrogens is 204 g/mol. The van der Waals surface area contributed by atoms with E-state index in [0.29, 0.717) is 32.7 Å². The van der Waals surface area contributed by atoms with Gasteiger partial charge >= 0.3 is 0 Å². The van der Waals surface area contributed by atoms with Crippen molar-refractivity contribution in [3.05, 3.63) is 0 Å². The van der Waals surface area contributed by atoms with Gasteiger partial charge in [-0.2, -0.15) is 0 Å². The molecule has 0 spiro atoms. The standard InChI is InChI=1S/C8H20N2O3S/c1-3-13-7-6-10-14(11,12)8-4-5-9-2/h9-10H,3-8H2,1-2H3. The molecule has 0 radical (unpaired) electrons. The Morgan fingerprint density at radius 2 is 2.00 bits per heavy atom. The highest BCUT2D eigenvalue weighted by Crippen LogP contribution is 1.88. The number of hydrogen-bond acceptors (Lipinski definition) is 4. The third-order valence-corrected chi connectivity index (χ3v) is 3.08. The van der Waals surface area contributed by atoms with Gasteiger partial charge in [0.2, 0.25) is 10.0 Å². The maximum absolute atomic E-state index is 11.3. The quantitative estimate of drug-likeness (QED) is 0.521. The SMILES string of the molecule is CCOCCNS(=O)(=O)CCCNC. The largest absolute Gasteiger partial charge is 0.380 e. The average molecular weight is 224 g/mol. The molecule has 0 saturated heterocycles. The Morgan fingerprint density at radius 1 is 1.29 bits per heavy atom. The van der Waals surface area contributed by atoms with Crippen LogP contribution >= 0.6 is 0 Å². The number of rotatable bonds is 9. The van der Waals surface area contributed by atoms with Crippen molar-refractivity contribution in [2.75, 3.05) is 39.1 Å². The highest BCUT2D eigenvalue weighted by Gasteiger charge is 2.07. The van der Waals surface area contributed by atoms with Gasteiger partial charge in [0.15, 0.2) is 0 Å². The Kier molecular flexibility index (Phi) is 8.07. The van der Waals surface area contributed by atoms with Gasteiger partial charge in [-0.05, 0) is 26.9 Å². The summed E-state index contributed by atoms with van der Waals surface area (Å²) in [5.74, 6) is 0.167. The van der Waals surface area contributed by atoms with Crippen LogP contribution in [0, 0.1) is 0 Å². The zero-order valence-corrected chi connectivity index (χ0v) is 9.69. The lowest BCUT2D eigenvalue weighted by molar-refractivity contribution is 0.153. The highest BCUT2D eigenvalue weighted by atomic mass is 32.2. The summed E-state index contributed by atoms with van der Waals surface area (Å²) in [5, 5.41) is 2.90. The van der Waals surface area contributed by atoms with Crippen molar-refractivity contribution >= 4 is 10.0 Å². The predicted molar refractivity (Wildman–Crippen MR) is 56.8 cm³/mol. The van der Waals surface area contributed by atoms with Crippen LogP contribution < -0.4 is 10.0 Å². The average Bonchev–Trinajstić information content (AvgIpc) is 2.13. The molecule has 0 aliphatic carbocycles. The van der Waals surface area contributed by atoms with Crippen LogP contribution in [0.2, 0.25) is 0 Å². The zero-order chi connectivity index (χ0) is 10.9. The summed E-state index contributed by atoms with van der Waals surface area (Å²) in [6.45, 7) is 3.99. The van der Waals surface area contributed by atoms with E-state index in [0.717, 1.165) is 0 Å². The van der Waals surface area contributed by atoms with Crippen LogP contribution in [0.4, 0.5) is 0 Å². The van der Waals surface area contributed by atoms with Crippen LogP contribution in [0.3, 0.4) is 0 Å². The molecule has 0 aromatic rings. The summed E-state index contributed by atoms with van der Waals surface area (Å²) in [7, 11) is -1.30. The number of nitrogens with one attached hydrogen (secondary N) is 2. The molecule has 2 N–H and O–H groups in total. The summed E-state index contributed by atoms with van der Waals surface area (Å²) in [5.41, 5.74) is 0. The molecule has 0 saturated carbocycles. The molecule has 86 valence electrons. The zero-order valence-electron chi connectivity index (χ0n) is 8.88. The van der Waals surface area contributed by atoms with Crippen LogP contribution in [-0.2, 0) is 14.8 Å². The Morgan fingerprint density at radius 3 is 2.57 bits per heavy atom. The van der Waals surface area contributed by atoms with Crippen LogP contribution in [0.5, 0.6) is 0 Å². The fourth-order valence-electron chi connectivity index (χ4n) is 0.925. The van der Waals surface area contributed by atoms with E-state index in [4.69, 9.17) is 4.74 Å². The molecule has 0 aliphatic rings. The molecule has 0 aliphatic heterocycles. The lowest BCUT2D eigenvalue weighted by atomic mass is 10.5. The summed E-state index contributed by atoms with van der Waals surface area (Å²) in [6, 6.07) is 0. The maximum atomic E-state index is 11.3. The minimum atomic E-state index is -3.10. The summed E-state index contributed by atoms with van der Waals surface area (Å²) in [6.07, 6.45) is 0.625. The van der Waals surface area contributed by atoms with E-state index in [1.165, 1.54) is 0 Å². The summed E-state index contributed by atoms with van der Waals surface area (Å²) in [4.78, 5) is 0. The molecule has 0 atom stereocenters. The van der Waals surface area contributed by atoms with E-state index >= 15 is 0 Å².